The monoisotopic (exact) mass is 242 g/mol. The van der Waals surface area contributed by atoms with Crippen LogP contribution in [0.5, 0.6) is 0 Å². The summed E-state index contributed by atoms with van der Waals surface area (Å²) in [5.74, 6) is -0.0375. The van der Waals surface area contributed by atoms with Crippen molar-refractivity contribution in [1.29, 1.82) is 0 Å². The molecule has 2 heterocycles. The fourth-order valence-corrected chi connectivity index (χ4v) is 2.26. The highest BCUT2D eigenvalue weighted by molar-refractivity contribution is 5.81. The normalized spacial score (nSPS) is 28.6. The predicted molar refractivity (Wildman–Crippen MR) is 63.8 cm³/mol. The molecule has 2 fully saturated rings. The molecule has 1 unspecified atom stereocenters. The summed E-state index contributed by atoms with van der Waals surface area (Å²) in [5, 5.41) is 6.32. The molecule has 0 saturated carbocycles. The van der Waals surface area contributed by atoms with Crippen molar-refractivity contribution in [3.05, 3.63) is 0 Å². The summed E-state index contributed by atoms with van der Waals surface area (Å²) >= 11 is 0. The second kappa shape index (κ2) is 5.80. The minimum absolute atomic E-state index is 0.0375. The zero-order chi connectivity index (χ0) is 12.1. The summed E-state index contributed by atoms with van der Waals surface area (Å²) in [5.41, 5.74) is 0.219. The number of carbonyl (C=O) groups is 1. The SMILES string of the molecule is CC1(CNC(=O)C2COCCO2)CCNCC1. The average Bonchev–Trinajstić information content (AvgIpc) is 2.38. The van der Waals surface area contributed by atoms with Crippen LogP contribution in [0.15, 0.2) is 0 Å². The van der Waals surface area contributed by atoms with Crippen molar-refractivity contribution in [3.8, 4) is 0 Å². The molecule has 1 atom stereocenters. The van der Waals surface area contributed by atoms with Crippen LogP contribution in [0.2, 0.25) is 0 Å². The summed E-state index contributed by atoms with van der Waals surface area (Å²) in [6.07, 6.45) is 1.79. The number of hydrogen-bond donors (Lipinski definition) is 2. The van der Waals surface area contributed by atoms with Crippen LogP contribution in [-0.4, -0.2) is 51.5 Å². The smallest absolute Gasteiger partial charge is 0.251 e. The van der Waals surface area contributed by atoms with E-state index in [9.17, 15) is 4.79 Å². The van der Waals surface area contributed by atoms with Gasteiger partial charge in [0.05, 0.1) is 19.8 Å². The highest BCUT2D eigenvalue weighted by atomic mass is 16.6. The van der Waals surface area contributed by atoms with Gasteiger partial charge in [-0.2, -0.15) is 0 Å². The van der Waals surface area contributed by atoms with Gasteiger partial charge in [-0.1, -0.05) is 6.92 Å². The van der Waals surface area contributed by atoms with E-state index in [1.54, 1.807) is 0 Å². The standard InChI is InChI=1S/C12H22N2O3/c1-12(2-4-13-5-3-12)9-14-11(15)10-8-16-6-7-17-10/h10,13H,2-9H2,1H3,(H,14,15). The molecular weight excluding hydrogens is 220 g/mol. The van der Waals surface area contributed by atoms with E-state index in [1.165, 1.54) is 0 Å². The van der Waals surface area contributed by atoms with E-state index in [0.717, 1.165) is 32.5 Å². The molecule has 0 radical (unpaired) electrons. The number of amides is 1. The highest BCUT2D eigenvalue weighted by Crippen LogP contribution is 2.26. The maximum Gasteiger partial charge on any atom is 0.251 e. The average molecular weight is 242 g/mol. The van der Waals surface area contributed by atoms with E-state index in [-0.39, 0.29) is 11.3 Å². The quantitative estimate of drug-likeness (QED) is 0.726. The van der Waals surface area contributed by atoms with Gasteiger partial charge in [0.15, 0.2) is 6.10 Å². The summed E-state index contributed by atoms with van der Waals surface area (Å²) in [6, 6.07) is 0. The number of carbonyl (C=O) groups excluding carboxylic acids is 1. The zero-order valence-electron chi connectivity index (χ0n) is 10.5. The Morgan fingerprint density at radius 1 is 1.41 bits per heavy atom. The maximum absolute atomic E-state index is 11.9. The van der Waals surface area contributed by atoms with Gasteiger partial charge in [-0.25, -0.2) is 0 Å². The van der Waals surface area contributed by atoms with Crippen LogP contribution in [-0.2, 0) is 14.3 Å². The maximum atomic E-state index is 11.9. The molecule has 0 spiro atoms. The summed E-state index contributed by atoms with van der Waals surface area (Å²) in [4.78, 5) is 11.9. The molecule has 0 aromatic heterocycles. The Morgan fingerprint density at radius 2 is 2.18 bits per heavy atom. The van der Waals surface area contributed by atoms with Crippen molar-refractivity contribution in [2.75, 3.05) is 39.5 Å². The van der Waals surface area contributed by atoms with E-state index >= 15 is 0 Å². The third-order valence-electron chi connectivity index (χ3n) is 3.61. The summed E-state index contributed by atoms with van der Waals surface area (Å²) in [6.45, 7) is 6.51. The summed E-state index contributed by atoms with van der Waals surface area (Å²) in [7, 11) is 0. The van der Waals surface area contributed by atoms with Crippen LogP contribution in [0, 0.1) is 5.41 Å². The lowest BCUT2D eigenvalue weighted by Gasteiger charge is -2.34. The first-order valence-electron chi connectivity index (χ1n) is 6.37. The van der Waals surface area contributed by atoms with Crippen molar-refractivity contribution in [1.82, 2.24) is 10.6 Å². The molecule has 98 valence electrons. The molecule has 2 aliphatic heterocycles. The first-order valence-corrected chi connectivity index (χ1v) is 6.37. The molecule has 2 aliphatic rings. The summed E-state index contributed by atoms with van der Waals surface area (Å²) < 4.78 is 10.6. The Bertz CT molecular complexity index is 258. The lowest BCUT2D eigenvalue weighted by molar-refractivity contribution is -0.148. The first kappa shape index (κ1) is 12.8. The molecule has 2 N–H and O–H groups in total. The first-order chi connectivity index (χ1) is 8.20. The number of nitrogens with one attached hydrogen (secondary N) is 2. The Balaban J connectivity index is 1.74. The van der Waals surface area contributed by atoms with Gasteiger partial charge < -0.3 is 20.1 Å². The second-order valence-corrected chi connectivity index (χ2v) is 5.21. The van der Waals surface area contributed by atoms with Crippen LogP contribution < -0.4 is 10.6 Å². The predicted octanol–water partition coefficient (Wildman–Crippen LogP) is -0.0923. The van der Waals surface area contributed by atoms with Crippen molar-refractivity contribution < 1.29 is 14.3 Å². The molecule has 5 nitrogen and oxygen atoms in total. The van der Waals surface area contributed by atoms with Gasteiger partial charge in [-0.15, -0.1) is 0 Å². The molecule has 0 bridgehead atoms. The van der Waals surface area contributed by atoms with E-state index in [4.69, 9.17) is 9.47 Å². The van der Waals surface area contributed by atoms with Gasteiger partial charge in [0.1, 0.15) is 0 Å². The largest absolute Gasteiger partial charge is 0.376 e. The lowest BCUT2D eigenvalue weighted by Crippen LogP contribution is -2.48. The van der Waals surface area contributed by atoms with E-state index in [2.05, 4.69) is 17.6 Å². The van der Waals surface area contributed by atoms with Crippen molar-refractivity contribution in [2.24, 2.45) is 5.41 Å². The number of hydrogen-bond acceptors (Lipinski definition) is 4. The highest BCUT2D eigenvalue weighted by Gasteiger charge is 2.29. The van der Waals surface area contributed by atoms with Crippen LogP contribution in [0.4, 0.5) is 0 Å². The van der Waals surface area contributed by atoms with Gasteiger partial charge in [-0.05, 0) is 31.3 Å². The minimum atomic E-state index is -0.422. The molecule has 0 aromatic carbocycles. The van der Waals surface area contributed by atoms with Crippen molar-refractivity contribution >= 4 is 5.91 Å². The molecule has 17 heavy (non-hydrogen) atoms. The van der Waals surface area contributed by atoms with Gasteiger partial charge in [0.2, 0.25) is 0 Å². The zero-order valence-corrected chi connectivity index (χ0v) is 10.5. The van der Waals surface area contributed by atoms with Crippen molar-refractivity contribution in [3.63, 3.8) is 0 Å². The van der Waals surface area contributed by atoms with Crippen LogP contribution in [0.3, 0.4) is 0 Å². The molecule has 5 heteroatoms. The number of piperidine rings is 1. The van der Waals surface area contributed by atoms with Crippen LogP contribution >= 0.6 is 0 Å². The molecule has 1 amide bonds. The van der Waals surface area contributed by atoms with Gasteiger partial charge in [0, 0.05) is 6.54 Å². The van der Waals surface area contributed by atoms with Crippen LogP contribution in [0.25, 0.3) is 0 Å². The van der Waals surface area contributed by atoms with Gasteiger partial charge in [-0.3, -0.25) is 4.79 Å². The topological polar surface area (TPSA) is 59.6 Å². The van der Waals surface area contributed by atoms with Crippen LogP contribution in [0.1, 0.15) is 19.8 Å². The van der Waals surface area contributed by atoms with E-state index < -0.39 is 6.10 Å². The lowest BCUT2D eigenvalue weighted by atomic mass is 9.81. The van der Waals surface area contributed by atoms with E-state index in [1.807, 2.05) is 0 Å². The second-order valence-electron chi connectivity index (χ2n) is 5.21. The molecular formula is C12H22N2O3. The molecule has 0 aromatic rings. The minimum Gasteiger partial charge on any atom is -0.376 e. The van der Waals surface area contributed by atoms with E-state index in [0.29, 0.717) is 19.8 Å². The molecule has 2 rings (SSSR count). The third kappa shape index (κ3) is 3.66. The number of rotatable bonds is 3. The Morgan fingerprint density at radius 3 is 2.82 bits per heavy atom. The fourth-order valence-electron chi connectivity index (χ4n) is 2.26. The number of ether oxygens (including phenoxy) is 2. The molecule has 2 saturated heterocycles. The molecule has 0 aliphatic carbocycles. The Hall–Kier alpha value is -0.650. The van der Waals surface area contributed by atoms with Gasteiger partial charge >= 0.3 is 0 Å². The third-order valence-corrected chi connectivity index (χ3v) is 3.61. The Kier molecular flexibility index (Phi) is 4.36. The van der Waals surface area contributed by atoms with Crippen molar-refractivity contribution in [2.45, 2.75) is 25.9 Å². The Labute approximate surface area is 102 Å². The van der Waals surface area contributed by atoms with Gasteiger partial charge in [0.25, 0.3) is 5.91 Å². The fraction of sp³-hybridized carbons (Fsp3) is 0.917.